The number of phenols is 1. The lowest BCUT2D eigenvalue weighted by molar-refractivity contribution is -0.139. The SMILES string of the molecule is COC(=O)Cc1c(-c2ccc(C(=N)N)cc2O)[nH]c2cc(C(=N)N)ccc12. The summed E-state index contributed by atoms with van der Waals surface area (Å²) in [4.78, 5) is 15.1. The maximum atomic E-state index is 11.9. The minimum atomic E-state index is -0.423. The number of hydrogen-bond acceptors (Lipinski definition) is 5. The van der Waals surface area contributed by atoms with Crippen molar-refractivity contribution in [3.8, 4) is 17.0 Å². The molecule has 3 aromatic rings. The van der Waals surface area contributed by atoms with Crippen LogP contribution >= 0.6 is 0 Å². The van der Waals surface area contributed by atoms with Gasteiger partial charge in [0.15, 0.2) is 0 Å². The number of benzene rings is 2. The number of carbonyl (C=O) groups excluding carboxylic acids is 1. The molecule has 0 saturated carbocycles. The van der Waals surface area contributed by atoms with E-state index in [2.05, 4.69) is 4.98 Å². The number of esters is 1. The van der Waals surface area contributed by atoms with Crippen molar-refractivity contribution in [2.24, 2.45) is 11.5 Å². The van der Waals surface area contributed by atoms with E-state index < -0.39 is 5.97 Å². The van der Waals surface area contributed by atoms with E-state index in [1.807, 2.05) is 0 Å². The molecule has 0 aliphatic carbocycles. The lowest BCUT2D eigenvalue weighted by Crippen LogP contribution is -2.10. The number of phenolic OH excluding ortho intramolecular Hbond substituents is 1. The number of aromatic nitrogens is 1. The third-order valence-electron chi connectivity index (χ3n) is 4.34. The van der Waals surface area contributed by atoms with Crippen LogP contribution in [0.25, 0.3) is 22.2 Å². The monoisotopic (exact) mass is 365 g/mol. The molecule has 27 heavy (non-hydrogen) atoms. The number of nitrogens with two attached hydrogens (primary N) is 2. The van der Waals surface area contributed by atoms with Crippen molar-refractivity contribution in [1.82, 2.24) is 4.98 Å². The van der Waals surface area contributed by atoms with Gasteiger partial charge in [0.1, 0.15) is 17.4 Å². The zero-order valence-corrected chi connectivity index (χ0v) is 14.6. The fraction of sp³-hybridized carbons (Fsp3) is 0.105. The molecule has 2 aromatic carbocycles. The summed E-state index contributed by atoms with van der Waals surface area (Å²) in [6.07, 6.45) is -0.000842. The maximum absolute atomic E-state index is 11.9. The van der Waals surface area contributed by atoms with Crippen LogP contribution in [0.4, 0.5) is 0 Å². The molecule has 0 amide bonds. The number of amidine groups is 2. The molecule has 138 valence electrons. The highest BCUT2D eigenvalue weighted by Crippen LogP contribution is 2.36. The Bertz CT molecular complexity index is 1080. The van der Waals surface area contributed by atoms with E-state index in [0.29, 0.717) is 33.5 Å². The van der Waals surface area contributed by atoms with Crippen LogP contribution in [0.2, 0.25) is 0 Å². The Hall–Kier alpha value is -3.81. The molecule has 0 spiro atoms. The summed E-state index contributed by atoms with van der Waals surface area (Å²) in [5.74, 6) is -0.731. The fourth-order valence-electron chi connectivity index (χ4n) is 2.96. The molecule has 1 heterocycles. The van der Waals surface area contributed by atoms with E-state index in [-0.39, 0.29) is 23.8 Å². The molecule has 0 aliphatic heterocycles. The summed E-state index contributed by atoms with van der Waals surface area (Å²) in [5, 5.41) is 26.3. The first kappa shape index (κ1) is 18.0. The van der Waals surface area contributed by atoms with Crippen LogP contribution in [0.3, 0.4) is 0 Å². The van der Waals surface area contributed by atoms with Crippen molar-refractivity contribution in [1.29, 1.82) is 10.8 Å². The number of aromatic amines is 1. The van der Waals surface area contributed by atoms with Crippen molar-refractivity contribution < 1.29 is 14.6 Å². The van der Waals surface area contributed by atoms with Gasteiger partial charge in [0.2, 0.25) is 0 Å². The highest BCUT2D eigenvalue weighted by atomic mass is 16.5. The third-order valence-corrected chi connectivity index (χ3v) is 4.34. The number of nitrogens with one attached hydrogen (secondary N) is 3. The van der Waals surface area contributed by atoms with Gasteiger partial charge in [-0.25, -0.2) is 0 Å². The van der Waals surface area contributed by atoms with E-state index in [1.165, 1.54) is 13.2 Å². The molecule has 8 nitrogen and oxygen atoms in total. The van der Waals surface area contributed by atoms with Crippen LogP contribution in [-0.2, 0) is 16.0 Å². The van der Waals surface area contributed by atoms with Gasteiger partial charge < -0.3 is 26.3 Å². The minimum absolute atomic E-state index is 0.000842. The first-order valence-corrected chi connectivity index (χ1v) is 8.05. The number of fused-ring (bicyclic) bond motifs is 1. The predicted octanol–water partition coefficient (Wildman–Crippen LogP) is 1.82. The summed E-state index contributed by atoms with van der Waals surface area (Å²) < 4.78 is 4.79. The lowest BCUT2D eigenvalue weighted by Gasteiger charge is -2.08. The average molecular weight is 365 g/mol. The highest BCUT2D eigenvalue weighted by Gasteiger charge is 2.19. The molecule has 0 fully saturated rings. The van der Waals surface area contributed by atoms with Crippen LogP contribution in [-0.4, -0.2) is 34.8 Å². The number of hydrogen-bond donors (Lipinski definition) is 6. The Balaban J connectivity index is 2.24. The molecular formula is C19H19N5O3. The first-order valence-electron chi connectivity index (χ1n) is 8.05. The molecule has 3 rings (SSSR count). The number of H-pyrrole nitrogens is 1. The number of methoxy groups -OCH3 is 1. The number of rotatable bonds is 5. The van der Waals surface area contributed by atoms with Gasteiger partial charge in [0.25, 0.3) is 0 Å². The smallest absolute Gasteiger partial charge is 0.310 e. The molecule has 8 heteroatoms. The Kier molecular flexibility index (Phi) is 4.55. The summed E-state index contributed by atoms with van der Waals surface area (Å²) in [6, 6.07) is 9.82. The van der Waals surface area contributed by atoms with Gasteiger partial charge in [-0.1, -0.05) is 18.2 Å². The van der Waals surface area contributed by atoms with Gasteiger partial charge in [-0.3, -0.25) is 15.6 Å². The van der Waals surface area contributed by atoms with Gasteiger partial charge >= 0.3 is 5.97 Å². The highest BCUT2D eigenvalue weighted by molar-refractivity contribution is 6.02. The summed E-state index contributed by atoms with van der Waals surface area (Å²) in [6.45, 7) is 0. The van der Waals surface area contributed by atoms with Crippen molar-refractivity contribution in [3.05, 3.63) is 53.1 Å². The summed E-state index contributed by atoms with van der Waals surface area (Å²) >= 11 is 0. The molecule has 0 bridgehead atoms. The molecule has 8 N–H and O–H groups in total. The van der Waals surface area contributed by atoms with E-state index in [4.69, 9.17) is 27.0 Å². The van der Waals surface area contributed by atoms with Crippen molar-refractivity contribution in [3.63, 3.8) is 0 Å². The first-order chi connectivity index (χ1) is 12.8. The van der Waals surface area contributed by atoms with Gasteiger partial charge in [-0.05, 0) is 23.8 Å². The molecule has 0 saturated heterocycles. The topological polar surface area (TPSA) is 162 Å². The zero-order valence-electron chi connectivity index (χ0n) is 14.6. The van der Waals surface area contributed by atoms with Crippen LogP contribution < -0.4 is 11.5 Å². The molecule has 1 aromatic heterocycles. The second-order valence-electron chi connectivity index (χ2n) is 6.05. The van der Waals surface area contributed by atoms with Crippen molar-refractivity contribution in [2.75, 3.05) is 7.11 Å². The standard InChI is InChI=1S/C19H19N5O3/c1-27-16(26)8-13-11-4-2-9(18(20)21)6-14(11)24-17(13)12-5-3-10(19(22)23)7-15(12)25/h2-7,24-25H,8H2,1H3,(H3,20,21)(H3,22,23). The molecule has 0 unspecified atom stereocenters. The largest absolute Gasteiger partial charge is 0.507 e. The van der Waals surface area contributed by atoms with Crippen LogP contribution in [0.1, 0.15) is 16.7 Å². The second-order valence-corrected chi connectivity index (χ2v) is 6.05. The molecule has 0 atom stereocenters. The second kappa shape index (κ2) is 6.83. The van der Waals surface area contributed by atoms with E-state index >= 15 is 0 Å². The van der Waals surface area contributed by atoms with Crippen LogP contribution in [0.5, 0.6) is 5.75 Å². The summed E-state index contributed by atoms with van der Waals surface area (Å²) in [7, 11) is 1.31. The predicted molar refractivity (Wildman–Crippen MR) is 103 cm³/mol. The summed E-state index contributed by atoms with van der Waals surface area (Å²) in [5.41, 5.74) is 14.3. The molecular weight excluding hydrogens is 346 g/mol. The minimum Gasteiger partial charge on any atom is -0.507 e. The van der Waals surface area contributed by atoms with E-state index in [0.717, 1.165) is 5.39 Å². The Morgan fingerprint density at radius 2 is 1.74 bits per heavy atom. The van der Waals surface area contributed by atoms with Gasteiger partial charge in [-0.15, -0.1) is 0 Å². The van der Waals surface area contributed by atoms with Gasteiger partial charge in [0.05, 0.1) is 19.2 Å². The normalized spacial score (nSPS) is 10.7. The number of aromatic hydroxyl groups is 1. The van der Waals surface area contributed by atoms with Crippen LogP contribution in [0, 0.1) is 10.8 Å². The van der Waals surface area contributed by atoms with Crippen molar-refractivity contribution >= 4 is 28.5 Å². The molecule has 0 radical (unpaired) electrons. The number of nitrogen functional groups attached to an aromatic ring is 2. The van der Waals surface area contributed by atoms with Gasteiger partial charge in [0, 0.05) is 27.6 Å². The Labute approximate surface area is 154 Å². The zero-order chi connectivity index (χ0) is 19.7. The van der Waals surface area contributed by atoms with E-state index in [9.17, 15) is 9.90 Å². The fourth-order valence-corrected chi connectivity index (χ4v) is 2.96. The van der Waals surface area contributed by atoms with E-state index in [1.54, 1.807) is 30.3 Å². The maximum Gasteiger partial charge on any atom is 0.310 e. The number of ether oxygens (including phenoxy) is 1. The van der Waals surface area contributed by atoms with Gasteiger partial charge in [-0.2, -0.15) is 0 Å². The third kappa shape index (κ3) is 3.32. The quantitative estimate of drug-likeness (QED) is 0.230. The van der Waals surface area contributed by atoms with Crippen LogP contribution in [0.15, 0.2) is 36.4 Å². The molecule has 0 aliphatic rings. The number of carbonyl (C=O) groups is 1. The Morgan fingerprint density at radius 3 is 2.33 bits per heavy atom. The average Bonchev–Trinajstić information content (AvgIpc) is 2.98. The Morgan fingerprint density at radius 1 is 1.11 bits per heavy atom. The van der Waals surface area contributed by atoms with Crippen molar-refractivity contribution in [2.45, 2.75) is 6.42 Å². The lowest BCUT2D eigenvalue weighted by atomic mass is 10.00.